The van der Waals surface area contributed by atoms with Gasteiger partial charge in [-0.2, -0.15) is 0 Å². The highest BCUT2D eigenvalue weighted by atomic mass is 16.6. The fraction of sp³-hybridized carbons (Fsp3) is 0.800. The second-order valence-corrected chi connectivity index (χ2v) is 4.25. The zero-order valence-corrected chi connectivity index (χ0v) is 7.76. The molecule has 0 aromatic rings. The fourth-order valence-corrected chi connectivity index (χ4v) is 1.43. The highest BCUT2D eigenvalue weighted by molar-refractivity contribution is 4.91. The molecule has 0 aromatic heterocycles. The van der Waals surface area contributed by atoms with Crippen molar-refractivity contribution < 1.29 is 4.74 Å². The summed E-state index contributed by atoms with van der Waals surface area (Å²) in [7, 11) is 0. The molecule has 0 amide bonds. The van der Waals surface area contributed by atoms with Crippen LogP contribution in [0.3, 0.4) is 0 Å². The van der Waals surface area contributed by atoms with Gasteiger partial charge in [-0.15, -0.1) is 6.58 Å². The Morgan fingerprint density at radius 1 is 1.73 bits per heavy atom. The maximum Gasteiger partial charge on any atom is 0.0835 e. The highest BCUT2D eigenvalue weighted by Crippen LogP contribution is 2.32. The lowest BCUT2D eigenvalue weighted by Gasteiger charge is -2.22. The molecule has 0 aromatic carbocycles. The molecule has 2 atom stereocenters. The first-order valence-corrected chi connectivity index (χ1v) is 4.30. The molecule has 2 unspecified atom stereocenters. The SMILES string of the molecule is C=CC(C)(C)CC(C)C1CO1. The molecule has 0 spiro atoms. The largest absolute Gasteiger partial charge is 0.373 e. The minimum Gasteiger partial charge on any atom is -0.373 e. The van der Waals surface area contributed by atoms with Gasteiger partial charge in [0.25, 0.3) is 0 Å². The predicted octanol–water partition coefficient (Wildman–Crippen LogP) is 2.62. The van der Waals surface area contributed by atoms with Crippen molar-refractivity contribution in [2.75, 3.05) is 6.61 Å². The maximum absolute atomic E-state index is 5.23. The van der Waals surface area contributed by atoms with Crippen molar-refractivity contribution in [3.63, 3.8) is 0 Å². The monoisotopic (exact) mass is 154 g/mol. The van der Waals surface area contributed by atoms with Crippen molar-refractivity contribution >= 4 is 0 Å². The second-order valence-electron chi connectivity index (χ2n) is 4.25. The van der Waals surface area contributed by atoms with E-state index < -0.39 is 0 Å². The predicted molar refractivity (Wildman–Crippen MR) is 47.5 cm³/mol. The molecule has 1 heterocycles. The zero-order valence-electron chi connectivity index (χ0n) is 7.76. The molecule has 1 saturated heterocycles. The molecule has 1 fully saturated rings. The summed E-state index contributed by atoms with van der Waals surface area (Å²) in [6, 6.07) is 0. The zero-order chi connectivity index (χ0) is 8.48. The Kier molecular flexibility index (Phi) is 2.38. The maximum atomic E-state index is 5.23. The highest BCUT2D eigenvalue weighted by Gasteiger charge is 2.32. The van der Waals surface area contributed by atoms with E-state index in [1.165, 1.54) is 6.42 Å². The van der Waals surface area contributed by atoms with Crippen LogP contribution in [0.4, 0.5) is 0 Å². The Morgan fingerprint density at radius 3 is 2.64 bits per heavy atom. The van der Waals surface area contributed by atoms with Gasteiger partial charge in [0.15, 0.2) is 0 Å². The topological polar surface area (TPSA) is 12.5 Å². The summed E-state index contributed by atoms with van der Waals surface area (Å²) < 4.78 is 5.23. The Labute approximate surface area is 69.4 Å². The van der Waals surface area contributed by atoms with Crippen molar-refractivity contribution in [3.8, 4) is 0 Å². The molecular weight excluding hydrogens is 136 g/mol. The van der Waals surface area contributed by atoms with Gasteiger partial charge in [0.05, 0.1) is 12.7 Å². The van der Waals surface area contributed by atoms with E-state index in [9.17, 15) is 0 Å². The van der Waals surface area contributed by atoms with E-state index in [-0.39, 0.29) is 5.41 Å². The number of allylic oxidation sites excluding steroid dienone is 1. The van der Waals surface area contributed by atoms with Crippen molar-refractivity contribution in [1.82, 2.24) is 0 Å². The van der Waals surface area contributed by atoms with Gasteiger partial charge in [0, 0.05) is 0 Å². The number of ether oxygens (including phenoxy) is 1. The average Bonchev–Trinajstić information content (AvgIpc) is 2.67. The minimum absolute atomic E-state index is 0.269. The molecule has 0 N–H and O–H groups in total. The van der Waals surface area contributed by atoms with Crippen molar-refractivity contribution in [2.24, 2.45) is 11.3 Å². The first-order chi connectivity index (χ1) is 5.05. The number of hydrogen-bond donors (Lipinski definition) is 0. The standard InChI is InChI=1S/C10H18O/c1-5-10(3,4)6-8(2)9-7-11-9/h5,8-9H,1,6-7H2,2-4H3. The quantitative estimate of drug-likeness (QED) is 0.448. The van der Waals surface area contributed by atoms with Crippen molar-refractivity contribution in [2.45, 2.75) is 33.3 Å². The van der Waals surface area contributed by atoms with Gasteiger partial charge >= 0.3 is 0 Å². The van der Waals surface area contributed by atoms with Gasteiger partial charge in [-0.05, 0) is 17.8 Å². The molecule has 1 heteroatoms. The van der Waals surface area contributed by atoms with Gasteiger partial charge in [-0.1, -0.05) is 26.8 Å². The van der Waals surface area contributed by atoms with Crippen LogP contribution < -0.4 is 0 Å². The van der Waals surface area contributed by atoms with E-state index >= 15 is 0 Å². The lowest BCUT2D eigenvalue weighted by molar-refractivity contribution is 0.275. The molecule has 0 bridgehead atoms. The fourth-order valence-electron chi connectivity index (χ4n) is 1.43. The summed E-state index contributed by atoms with van der Waals surface area (Å²) in [4.78, 5) is 0. The van der Waals surface area contributed by atoms with Gasteiger partial charge in [-0.3, -0.25) is 0 Å². The lowest BCUT2D eigenvalue weighted by atomic mass is 9.82. The molecule has 64 valence electrons. The van der Waals surface area contributed by atoms with Crippen LogP contribution in [0.2, 0.25) is 0 Å². The molecule has 11 heavy (non-hydrogen) atoms. The third-order valence-electron chi connectivity index (χ3n) is 2.39. The minimum atomic E-state index is 0.269. The van der Waals surface area contributed by atoms with Crippen LogP contribution in [0.1, 0.15) is 27.2 Å². The first-order valence-electron chi connectivity index (χ1n) is 4.30. The van der Waals surface area contributed by atoms with Crippen LogP contribution in [-0.4, -0.2) is 12.7 Å². The molecular formula is C10H18O. The summed E-state index contributed by atoms with van der Waals surface area (Å²) in [5.74, 6) is 0.683. The Balaban J connectivity index is 2.32. The number of hydrogen-bond acceptors (Lipinski definition) is 1. The van der Waals surface area contributed by atoms with Crippen LogP contribution >= 0.6 is 0 Å². The third-order valence-corrected chi connectivity index (χ3v) is 2.39. The summed E-state index contributed by atoms with van der Waals surface area (Å²) in [5.41, 5.74) is 0.269. The van der Waals surface area contributed by atoms with E-state index in [1.807, 2.05) is 6.08 Å². The first kappa shape index (κ1) is 8.79. The van der Waals surface area contributed by atoms with Gasteiger partial charge < -0.3 is 4.74 Å². The van der Waals surface area contributed by atoms with E-state index in [0.717, 1.165) is 6.61 Å². The average molecular weight is 154 g/mol. The molecule has 0 aliphatic carbocycles. The Hall–Kier alpha value is -0.300. The van der Waals surface area contributed by atoms with Crippen LogP contribution in [-0.2, 0) is 4.74 Å². The smallest absolute Gasteiger partial charge is 0.0835 e. The molecule has 0 saturated carbocycles. The van der Waals surface area contributed by atoms with Crippen molar-refractivity contribution in [1.29, 1.82) is 0 Å². The van der Waals surface area contributed by atoms with Gasteiger partial charge in [-0.25, -0.2) is 0 Å². The summed E-state index contributed by atoms with van der Waals surface area (Å²) in [6.07, 6.45) is 3.75. The van der Waals surface area contributed by atoms with Crippen LogP contribution in [0.15, 0.2) is 12.7 Å². The normalized spacial score (nSPS) is 26.3. The summed E-state index contributed by atoms with van der Waals surface area (Å²) >= 11 is 0. The molecule has 1 aliphatic rings. The molecule has 1 aliphatic heterocycles. The lowest BCUT2D eigenvalue weighted by Crippen LogP contribution is -2.15. The Morgan fingerprint density at radius 2 is 2.27 bits per heavy atom. The van der Waals surface area contributed by atoms with E-state index in [2.05, 4.69) is 27.4 Å². The van der Waals surface area contributed by atoms with E-state index in [0.29, 0.717) is 12.0 Å². The number of epoxide rings is 1. The molecule has 1 nitrogen and oxygen atoms in total. The summed E-state index contributed by atoms with van der Waals surface area (Å²) in [5, 5.41) is 0. The van der Waals surface area contributed by atoms with Crippen molar-refractivity contribution in [3.05, 3.63) is 12.7 Å². The van der Waals surface area contributed by atoms with Crippen LogP contribution in [0, 0.1) is 11.3 Å². The molecule has 0 radical (unpaired) electrons. The van der Waals surface area contributed by atoms with Gasteiger partial charge in [0.2, 0.25) is 0 Å². The second kappa shape index (κ2) is 2.98. The van der Waals surface area contributed by atoms with E-state index in [1.54, 1.807) is 0 Å². The van der Waals surface area contributed by atoms with E-state index in [4.69, 9.17) is 4.74 Å². The van der Waals surface area contributed by atoms with Crippen LogP contribution in [0.25, 0.3) is 0 Å². The summed E-state index contributed by atoms with van der Waals surface area (Å²) in [6.45, 7) is 11.5. The Bertz CT molecular complexity index is 145. The molecule has 1 rings (SSSR count). The number of rotatable bonds is 4. The third kappa shape index (κ3) is 2.66. The van der Waals surface area contributed by atoms with Gasteiger partial charge in [0.1, 0.15) is 0 Å². The van der Waals surface area contributed by atoms with Crippen LogP contribution in [0.5, 0.6) is 0 Å².